The van der Waals surface area contributed by atoms with Gasteiger partial charge in [0, 0.05) is 32.2 Å². The van der Waals surface area contributed by atoms with Gasteiger partial charge in [-0.15, -0.1) is 0 Å². The fraction of sp³-hybridized carbons (Fsp3) is 0.933. The number of likely N-dealkylation sites (N-methyl/N-ethyl adjacent to an activating group) is 1. The van der Waals surface area contributed by atoms with E-state index < -0.39 is 0 Å². The Bertz CT molecular complexity index is 305. The zero-order chi connectivity index (χ0) is 14.6. The standard InChI is InChI=1S/C15H30N2O2/c1-6-17(9-10-19-5)14(18)12-7-8-13(16)11(2)15(12,3)4/h11-13H,6-10,16H2,1-5H3. The molecule has 1 rings (SSSR count). The van der Waals surface area contributed by atoms with Crippen molar-refractivity contribution >= 4 is 5.91 Å². The maximum atomic E-state index is 12.7. The van der Waals surface area contributed by atoms with Gasteiger partial charge in [0.2, 0.25) is 5.91 Å². The third-order valence-electron chi connectivity index (χ3n) is 5.06. The van der Waals surface area contributed by atoms with Crippen LogP contribution >= 0.6 is 0 Å². The smallest absolute Gasteiger partial charge is 0.226 e. The van der Waals surface area contributed by atoms with Crippen LogP contribution in [0, 0.1) is 17.3 Å². The second-order valence-corrected chi connectivity index (χ2v) is 6.31. The first-order valence-electron chi connectivity index (χ1n) is 7.39. The van der Waals surface area contributed by atoms with E-state index in [4.69, 9.17) is 10.5 Å². The molecule has 0 aromatic rings. The molecule has 0 radical (unpaired) electrons. The van der Waals surface area contributed by atoms with Crippen LogP contribution in [0.1, 0.15) is 40.5 Å². The number of hydrogen-bond donors (Lipinski definition) is 1. The highest BCUT2D eigenvalue weighted by molar-refractivity contribution is 5.79. The Labute approximate surface area is 117 Å². The maximum absolute atomic E-state index is 12.7. The molecule has 1 aliphatic carbocycles. The first-order chi connectivity index (χ1) is 8.86. The topological polar surface area (TPSA) is 55.6 Å². The van der Waals surface area contributed by atoms with E-state index in [0.29, 0.717) is 19.1 Å². The van der Waals surface area contributed by atoms with Gasteiger partial charge in [0.1, 0.15) is 0 Å². The molecule has 0 heterocycles. The lowest BCUT2D eigenvalue weighted by Gasteiger charge is -2.47. The number of ether oxygens (including phenoxy) is 1. The fourth-order valence-corrected chi connectivity index (χ4v) is 3.14. The van der Waals surface area contributed by atoms with Gasteiger partial charge in [-0.25, -0.2) is 0 Å². The summed E-state index contributed by atoms with van der Waals surface area (Å²) < 4.78 is 5.09. The SMILES string of the molecule is CCN(CCOC)C(=O)C1CCC(N)C(C)C1(C)C. The number of rotatable bonds is 5. The molecule has 3 unspecified atom stereocenters. The molecular weight excluding hydrogens is 240 g/mol. The molecule has 2 N–H and O–H groups in total. The van der Waals surface area contributed by atoms with Gasteiger partial charge in [0.25, 0.3) is 0 Å². The van der Waals surface area contributed by atoms with E-state index >= 15 is 0 Å². The van der Waals surface area contributed by atoms with Gasteiger partial charge >= 0.3 is 0 Å². The number of carbonyl (C=O) groups excluding carboxylic acids is 1. The van der Waals surface area contributed by atoms with Crippen LogP contribution in [0.15, 0.2) is 0 Å². The summed E-state index contributed by atoms with van der Waals surface area (Å²) >= 11 is 0. The summed E-state index contributed by atoms with van der Waals surface area (Å²) in [5.74, 6) is 0.721. The molecule has 19 heavy (non-hydrogen) atoms. The number of carbonyl (C=O) groups is 1. The van der Waals surface area contributed by atoms with Crippen molar-refractivity contribution in [1.82, 2.24) is 4.90 Å². The highest BCUT2D eigenvalue weighted by atomic mass is 16.5. The van der Waals surface area contributed by atoms with Gasteiger partial charge in [0.15, 0.2) is 0 Å². The van der Waals surface area contributed by atoms with Crippen LogP contribution in [0.3, 0.4) is 0 Å². The number of methoxy groups -OCH3 is 1. The summed E-state index contributed by atoms with van der Waals surface area (Å²) in [5, 5.41) is 0. The normalized spacial score (nSPS) is 30.1. The van der Waals surface area contributed by atoms with Gasteiger partial charge < -0.3 is 15.4 Å². The quantitative estimate of drug-likeness (QED) is 0.830. The number of nitrogens with zero attached hydrogens (tertiary/aromatic N) is 1. The summed E-state index contributed by atoms with van der Waals surface area (Å²) in [6, 6.07) is 0.216. The molecular formula is C15H30N2O2. The minimum atomic E-state index is -0.0325. The largest absolute Gasteiger partial charge is 0.383 e. The van der Waals surface area contributed by atoms with Gasteiger partial charge in [-0.1, -0.05) is 20.8 Å². The third-order valence-corrected chi connectivity index (χ3v) is 5.06. The van der Waals surface area contributed by atoms with Gasteiger partial charge in [-0.3, -0.25) is 4.79 Å². The van der Waals surface area contributed by atoms with Gasteiger partial charge in [-0.05, 0) is 31.1 Å². The van der Waals surface area contributed by atoms with Crippen LogP contribution in [-0.4, -0.2) is 43.7 Å². The van der Waals surface area contributed by atoms with Crippen molar-refractivity contribution in [1.29, 1.82) is 0 Å². The Morgan fingerprint density at radius 3 is 2.58 bits per heavy atom. The Morgan fingerprint density at radius 1 is 1.42 bits per heavy atom. The minimum Gasteiger partial charge on any atom is -0.383 e. The van der Waals surface area contributed by atoms with Crippen molar-refractivity contribution in [3.05, 3.63) is 0 Å². The lowest BCUT2D eigenvalue weighted by atomic mass is 9.60. The lowest BCUT2D eigenvalue weighted by Crippen LogP contribution is -2.52. The molecule has 0 aromatic carbocycles. The fourth-order valence-electron chi connectivity index (χ4n) is 3.14. The molecule has 0 bridgehead atoms. The second-order valence-electron chi connectivity index (χ2n) is 6.31. The molecule has 112 valence electrons. The summed E-state index contributed by atoms with van der Waals surface area (Å²) in [6.07, 6.45) is 1.85. The number of nitrogens with two attached hydrogens (primary N) is 1. The lowest BCUT2D eigenvalue weighted by molar-refractivity contribution is -0.143. The summed E-state index contributed by atoms with van der Waals surface area (Å²) in [4.78, 5) is 14.6. The zero-order valence-corrected chi connectivity index (χ0v) is 13.1. The van der Waals surface area contributed by atoms with Crippen LogP contribution in [-0.2, 0) is 9.53 Å². The molecule has 0 aliphatic heterocycles. The average Bonchev–Trinajstić information content (AvgIpc) is 2.37. The van der Waals surface area contributed by atoms with Crippen molar-refractivity contribution in [2.75, 3.05) is 26.8 Å². The number of hydrogen-bond acceptors (Lipinski definition) is 3. The van der Waals surface area contributed by atoms with Crippen LogP contribution in [0.2, 0.25) is 0 Å². The first-order valence-corrected chi connectivity index (χ1v) is 7.39. The molecule has 1 fully saturated rings. The van der Waals surface area contributed by atoms with Crippen molar-refractivity contribution in [2.24, 2.45) is 23.0 Å². The van der Waals surface area contributed by atoms with E-state index in [2.05, 4.69) is 20.8 Å². The van der Waals surface area contributed by atoms with E-state index in [0.717, 1.165) is 19.4 Å². The predicted octanol–water partition coefficient (Wildman–Crippen LogP) is 1.88. The van der Waals surface area contributed by atoms with Gasteiger partial charge in [0.05, 0.1) is 6.61 Å². The number of amides is 1. The Hall–Kier alpha value is -0.610. The van der Waals surface area contributed by atoms with Gasteiger partial charge in [-0.2, -0.15) is 0 Å². The van der Waals surface area contributed by atoms with Crippen molar-refractivity contribution < 1.29 is 9.53 Å². The highest BCUT2D eigenvalue weighted by Crippen LogP contribution is 2.45. The monoisotopic (exact) mass is 270 g/mol. The van der Waals surface area contributed by atoms with Crippen LogP contribution in [0.25, 0.3) is 0 Å². The van der Waals surface area contributed by atoms with Crippen LogP contribution < -0.4 is 5.73 Å². The van der Waals surface area contributed by atoms with Crippen LogP contribution in [0.4, 0.5) is 0 Å². The van der Waals surface area contributed by atoms with Crippen molar-refractivity contribution in [3.8, 4) is 0 Å². The van der Waals surface area contributed by atoms with E-state index in [1.807, 2.05) is 11.8 Å². The molecule has 4 nitrogen and oxygen atoms in total. The summed E-state index contributed by atoms with van der Waals surface area (Å²) in [7, 11) is 1.67. The Kier molecular flexibility index (Phi) is 5.81. The van der Waals surface area contributed by atoms with E-state index in [1.165, 1.54) is 0 Å². The molecule has 1 saturated carbocycles. The third kappa shape index (κ3) is 3.48. The van der Waals surface area contributed by atoms with Crippen LogP contribution in [0.5, 0.6) is 0 Å². The molecule has 0 aromatic heterocycles. The maximum Gasteiger partial charge on any atom is 0.226 e. The highest BCUT2D eigenvalue weighted by Gasteiger charge is 2.45. The minimum absolute atomic E-state index is 0.0325. The average molecular weight is 270 g/mol. The molecule has 3 atom stereocenters. The zero-order valence-electron chi connectivity index (χ0n) is 13.1. The Morgan fingerprint density at radius 2 is 2.05 bits per heavy atom. The molecule has 0 spiro atoms. The molecule has 1 aliphatic rings. The molecule has 4 heteroatoms. The van der Waals surface area contributed by atoms with Crippen molar-refractivity contribution in [3.63, 3.8) is 0 Å². The first kappa shape index (κ1) is 16.4. The summed E-state index contributed by atoms with van der Waals surface area (Å²) in [6.45, 7) is 10.6. The van der Waals surface area contributed by atoms with E-state index in [9.17, 15) is 4.79 Å². The molecule has 1 amide bonds. The van der Waals surface area contributed by atoms with Crippen molar-refractivity contribution in [2.45, 2.75) is 46.6 Å². The predicted molar refractivity (Wildman–Crippen MR) is 77.8 cm³/mol. The van der Waals surface area contributed by atoms with E-state index in [1.54, 1.807) is 7.11 Å². The summed E-state index contributed by atoms with van der Waals surface area (Å²) in [5.41, 5.74) is 6.13. The van der Waals surface area contributed by atoms with E-state index in [-0.39, 0.29) is 23.3 Å². The molecule has 0 saturated heterocycles. The Balaban J connectivity index is 2.79. The second kappa shape index (κ2) is 6.71.